The lowest BCUT2D eigenvalue weighted by molar-refractivity contribution is -0.137. The van der Waals surface area contributed by atoms with Crippen molar-refractivity contribution in [2.75, 3.05) is 24.1 Å². The summed E-state index contributed by atoms with van der Waals surface area (Å²) in [6, 6.07) is 9.37. The average molecular weight is 620 g/mol. The predicted molar refractivity (Wildman–Crippen MR) is 155 cm³/mol. The Balaban J connectivity index is 1.61. The van der Waals surface area contributed by atoms with E-state index in [0.717, 1.165) is 12.8 Å². The Morgan fingerprint density at radius 3 is 2.83 bits per heavy atom. The molecule has 224 valence electrons. The van der Waals surface area contributed by atoms with Gasteiger partial charge in [-0.3, -0.25) is 13.8 Å². The normalized spacial score (nSPS) is 16.9. The maximum atomic E-state index is 14.6. The van der Waals surface area contributed by atoms with Crippen LogP contribution in [0.1, 0.15) is 49.4 Å². The highest BCUT2D eigenvalue weighted by Gasteiger charge is 2.40. The first-order chi connectivity index (χ1) is 20.1. The molecule has 0 fully saturated rings. The third kappa shape index (κ3) is 5.97. The second-order valence-corrected chi connectivity index (χ2v) is 12.4. The van der Waals surface area contributed by atoms with Crippen molar-refractivity contribution in [1.29, 1.82) is 0 Å². The maximum absolute atomic E-state index is 14.6. The molecule has 0 radical (unpaired) electrons. The molecule has 2 N–H and O–H groups in total. The molecular formula is C29H31ClFN3O7S. The monoisotopic (exact) mass is 619 g/mol. The van der Waals surface area contributed by atoms with Gasteiger partial charge in [-0.05, 0) is 68.0 Å². The van der Waals surface area contributed by atoms with Gasteiger partial charge in [0.2, 0.25) is 0 Å². The number of hydrogen-bond donors (Lipinski definition) is 2. The van der Waals surface area contributed by atoms with Crippen LogP contribution in [0.5, 0.6) is 11.6 Å². The summed E-state index contributed by atoms with van der Waals surface area (Å²) in [5.41, 5.74) is 2.11. The Kier molecular flexibility index (Phi) is 8.76. The minimum Gasteiger partial charge on any atom is -0.486 e. The number of sulfonamides is 1. The maximum Gasteiger partial charge on any atom is 0.303 e. The number of aliphatic carboxylic acids is 1. The van der Waals surface area contributed by atoms with E-state index in [1.54, 1.807) is 41.9 Å². The molecule has 2 aliphatic rings. The molecule has 0 unspecified atom stereocenters. The number of fused-ring (bicyclic) bond motifs is 2. The van der Waals surface area contributed by atoms with Gasteiger partial charge in [-0.2, -0.15) is 0 Å². The van der Waals surface area contributed by atoms with Gasteiger partial charge in [0.05, 0.1) is 29.6 Å². The summed E-state index contributed by atoms with van der Waals surface area (Å²) in [6.45, 7) is 1.65. The van der Waals surface area contributed by atoms with Crippen molar-refractivity contribution in [1.82, 2.24) is 9.78 Å². The van der Waals surface area contributed by atoms with Gasteiger partial charge >= 0.3 is 5.97 Å². The first kappa shape index (κ1) is 29.9. The number of hydrogen-bond acceptors (Lipinski definition) is 7. The number of carboxylic acid groups (broad SMARTS) is 1. The van der Waals surface area contributed by atoms with Gasteiger partial charge < -0.3 is 19.7 Å². The van der Waals surface area contributed by atoms with E-state index in [1.807, 2.05) is 0 Å². The second kappa shape index (κ2) is 12.3. The van der Waals surface area contributed by atoms with Crippen LogP contribution in [0.4, 0.5) is 10.1 Å². The van der Waals surface area contributed by atoms with Crippen molar-refractivity contribution < 1.29 is 37.3 Å². The Hall–Kier alpha value is -3.61. The van der Waals surface area contributed by atoms with Crippen LogP contribution >= 0.6 is 11.6 Å². The molecule has 42 heavy (non-hydrogen) atoms. The fraction of sp³-hybridized carbons (Fsp3) is 0.379. The standard InChI is InChI=1S/C29H31ClFN3O7S/c1-18(27-21(30)5-4-6-22(27)31)15-19-8-10-25-24(16-19)34(17-20(41-25)9-11-26(36)37)42(38,39)28-23-7-2-3-12-33(23)32-29(28)40-14-13-35/h4-6,8,10,15-16,20,35H,2-3,7,9,11-14,17H2,1H3,(H,36,37)/b18-15+/t20-/m0/s1. The van der Waals surface area contributed by atoms with E-state index in [2.05, 4.69) is 5.10 Å². The number of ether oxygens (including phenoxy) is 2. The molecule has 10 nitrogen and oxygen atoms in total. The molecule has 0 amide bonds. The number of aromatic nitrogens is 2. The molecule has 0 saturated heterocycles. The van der Waals surface area contributed by atoms with Crippen LogP contribution < -0.4 is 13.8 Å². The number of aryl methyl sites for hydroxylation is 1. The molecule has 1 atom stereocenters. The van der Waals surface area contributed by atoms with Crippen LogP contribution in [0, 0.1) is 5.82 Å². The van der Waals surface area contributed by atoms with Gasteiger partial charge in [0.1, 0.15) is 24.3 Å². The molecule has 5 rings (SSSR count). The summed E-state index contributed by atoms with van der Waals surface area (Å²) in [7, 11) is -4.30. The molecule has 1 aromatic heterocycles. The zero-order valence-electron chi connectivity index (χ0n) is 22.9. The first-order valence-electron chi connectivity index (χ1n) is 13.6. The van der Waals surface area contributed by atoms with Gasteiger partial charge in [-0.15, -0.1) is 5.10 Å². The third-order valence-corrected chi connectivity index (χ3v) is 9.39. The van der Waals surface area contributed by atoms with Crippen molar-refractivity contribution in [3.05, 3.63) is 64.1 Å². The van der Waals surface area contributed by atoms with Crippen molar-refractivity contribution >= 4 is 44.9 Å². The number of carbonyl (C=O) groups is 1. The fourth-order valence-corrected chi connectivity index (χ4v) is 7.44. The summed E-state index contributed by atoms with van der Waals surface area (Å²) in [5, 5.41) is 23.2. The lowest BCUT2D eigenvalue weighted by Crippen LogP contribution is -2.44. The molecule has 3 heterocycles. The number of aliphatic hydroxyl groups is 1. The van der Waals surface area contributed by atoms with E-state index >= 15 is 0 Å². The van der Waals surface area contributed by atoms with Gasteiger partial charge in [-0.25, -0.2) is 12.8 Å². The van der Waals surface area contributed by atoms with Crippen LogP contribution in [0.15, 0.2) is 41.3 Å². The topological polar surface area (TPSA) is 131 Å². The van der Waals surface area contributed by atoms with Crippen molar-refractivity contribution in [2.45, 2.75) is 56.6 Å². The quantitative estimate of drug-likeness (QED) is 0.311. The van der Waals surface area contributed by atoms with E-state index < -0.39 is 27.9 Å². The minimum atomic E-state index is -4.30. The molecule has 0 saturated carbocycles. The van der Waals surface area contributed by atoms with Gasteiger partial charge in [-0.1, -0.05) is 29.8 Å². The van der Waals surface area contributed by atoms with Gasteiger partial charge in [0, 0.05) is 18.5 Å². The van der Waals surface area contributed by atoms with E-state index in [4.69, 9.17) is 21.1 Å². The molecule has 3 aromatic rings. The highest BCUT2D eigenvalue weighted by Crippen LogP contribution is 2.42. The molecule has 0 aliphatic carbocycles. The van der Waals surface area contributed by atoms with Gasteiger partial charge in [0.25, 0.3) is 15.9 Å². The minimum absolute atomic E-state index is 0.0734. The number of aliphatic hydroxyl groups excluding tert-OH is 1. The molecule has 2 aliphatic heterocycles. The second-order valence-electron chi connectivity index (χ2n) is 10.2. The highest BCUT2D eigenvalue weighted by atomic mass is 35.5. The number of anilines is 1. The van der Waals surface area contributed by atoms with E-state index in [9.17, 15) is 27.8 Å². The number of nitrogens with zero attached hydrogens (tertiary/aromatic N) is 3. The van der Waals surface area contributed by atoms with Crippen molar-refractivity contribution in [2.24, 2.45) is 0 Å². The van der Waals surface area contributed by atoms with Crippen LogP contribution in [0.25, 0.3) is 11.6 Å². The number of halogens is 2. The summed E-state index contributed by atoms with van der Waals surface area (Å²) < 4.78 is 58.0. The summed E-state index contributed by atoms with van der Waals surface area (Å²) in [4.78, 5) is 11.2. The van der Waals surface area contributed by atoms with Crippen LogP contribution in [-0.4, -0.2) is 60.2 Å². The van der Waals surface area contributed by atoms with Crippen LogP contribution in [-0.2, 0) is 27.8 Å². The van der Waals surface area contributed by atoms with Crippen LogP contribution in [0.2, 0.25) is 5.02 Å². The third-order valence-electron chi connectivity index (χ3n) is 7.23. The van der Waals surface area contributed by atoms with E-state index in [0.29, 0.717) is 29.8 Å². The molecular weight excluding hydrogens is 589 g/mol. The predicted octanol–water partition coefficient (Wildman–Crippen LogP) is 4.76. The van der Waals surface area contributed by atoms with Crippen LogP contribution in [0.3, 0.4) is 0 Å². The molecule has 2 aromatic carbocycles. The average Bonchev–Trinajstić information content (AvgIpc) is 3.33. The number of carboxylic acids is 1. The summed E-state index contributed by atoms with van der Waals surface area (Å²) in [5.74, 6) is -1.33. The van der Waals surface area contributed by atoms with E-state index in [-0.39, 0.29) is 65.4 Å². The summed E-state index contributed by atoms with van der Waals surface area (Å²) in [6.07, 6.45) is 2.96. The fourth-order valence-electron chi connectivity index (χ4n) is 5.32. The Bertz CT molecular complexity index is 1620. The Morgan fingerprint density at radius 1 is 1.29 bits per heavy atom. The summed E-state index contributed by atoms with van der Waals surface area (Å²) >= 11 is 6.26. The highest BCUT2D eigenvalue weighted by molar-refractivity contribution is 7.93. The van der Waals surface area contributed by atoms with Crippen molar-refractivity contribution in [3.8, 4) is 11.6 Å². The zero-order valence-corrected chi connectivity index (χ0v) is 24.5. The largest absolute Gasteiger partial charge is 0.486 e. The Labute approximate surface area is 248 Å². The number of benzene rings is 2. The van der Waals surface area contributed by atoms with Crippen molar-refractivity contribution in [3.63, 3.8) is 0 Å². The lowest BCUT2D eigenvalue weighted by atomic mass is 10.0. The smallest absolute Gasteiger partial charge is 0.303 e. The SMILES string of the molecule is C/C(=C\c1ccc2c(c1)N(S(=O)(=O)c1c(OCCO)nn3c1CCCC3)C[C@H](CCC(=O)O)O2)c1c(F)cccc1Cl. The lowest BCUT2D eigenvalue weighted by Gasteiger charge is -2.35. The number of allylic oxidation sites excluding steroid dienone is 1. The molecule has 13 heteroatoms. The zero-order chi connectivity index (χ0) is 30.0. The molecule has 0 spiro atoms. The Morgan fingerprint density at radius 2 is 2.10 bits per heavy atom. The van der Waals surface area contributed by atoms with Gasteiger partial charge in [0.15, 0.2) is 4.90 Å². The molecule has 0 bridgehead atoms. The number of rotatable bonds is 10. The first-order valence-corrected chi connectivity index (χ1v) is 15.4. The van der Waals surface area contributed by atoms with E-state index in [1.165, 1.54) is 16.4 Å².